The van der Waals surface area contributed by atoms with Gasteiger partial charge in [0.25, 0.3) is 0 Å². The van der Waals surface area contributed by atoms with Crippen molar-refractivity contribution >= 4 is 75.0 Å². The van der Waals surface area contributed by atoms with E-state index in [1.165, 1.54) is 69.5 Å². The normalized spacial score (nSPS) is 11.9. The van der Waals surface area contributed by atoms with Gasteiger partial charge in [-0.25, -0.2) is 0 Å². The van der Waals surface area contributed by atoms with E-state index in [9.17, 15) is 0 Å². The van der Waals surface area contributed by atoms with Gasteiger partial charge in [0.1, 0.15) is 11.2 Å². The Hall–Kier alpha value is -5.70. The van der Waals surface area contributed by atoms with Crippen LogP contribution in [0.15, 0.2) is 162 Å². The third kappa shape index (κ3) is 3.74. The van der Waals surface area contributed by atoms with Crippen molar-refractivity contribution in [1.82, 2.24) is 0 Å². The monoisotopic (exact) mass is 602 g/mol. The van der Waals surface area contributed by atoms with E-state index in [-0.39, 0.29) is 0 Å². The van der Waals surface area contributed by atoms with Crippen molar-refractivity contribution in [2.75, 3.05) is 0 Å². The molecule has 0 radical (unpaired) electrons. The van der Waals surface area contributed by atoms with Crippen molar-refractivity contribution in [3.05, 3.63) is 158 Å². The molecule has 10 aromatic rings. The molecule has 2 heteroatoms. The van der Waals surface area contributed by atoms with E-state index in [1.54, 1.807) is 0 Å². The molecule has 46 heavy (non-hydrogen) atoms. The lowest BCUT2D eigenvalue weighted by molar-refractivity contribution is 0.669. The Morgan fingerprint density at radius 2 is 0.870 bits per heavy atom. The van der Waals surface area contributed by atoms with E-state index in [0.717, 1.165) is 27.5 Å². The fourth-order valence-corrected chi connectivity index (χ4v) is 8.54. The third-order valence-corrected chi connectivity index (χ3v) is 10.6. The lowest BCUT2D eigenvalue weighted by atomic mass is 9.83. The first-order valence-corrected chi connectivity index (χ1v) is 16.5. The molecule has 0 fully saturated rings. The quantitative estimate of drug-likeness (QED) is 0.183. The molecule has 0 atom stereocenters. The lowest BCUT2D eigenvalue weighted by Gasteiger charge is -2.19. The van der Waals surface area contributed by atoms with E-state index in [2.05, 4.69) is 146 Å². The minimum absolute atomic E-state index is 0.914. The van der Waals surface area contributed by atoms with Crippen molar-refractivity contribution in [3.8, 4) is 33.4 Å². The van der Waals surface area contributed by atoms with Crippen molar-refractivity contribution < 1.29 is 4.42 Å². The van der Waals surface area contributed by atoms with Crippen LogP contribution in [0.3, 0.4) is 0 Å². The molecule has 8 aromatic carbocycles. The zero-order valence-corrected chi connectivity index (χ0v) is 25.6. The smallest absolute Gasteiger partial charge is 0.136 e. The van der Waals surface area contributed by atoms with E-state index >= 15 is 0 Å². The molecule has 0 aliphatic rings. The van der Waals surface area contributed by atoms with Crippen molar-refractivity contribution in [2.45, 2.75) is 0 Å². The zero-order chi connectivity index (χ0) is 30.2. The molecule has 2 aromatic heterocycles. The lowest BCUT2D eigenvalue weighted by Crippen LogP contribution is -1.92. The molecule has 0 bridgehead atoms. The van der Waals surface area contributed by atoms with E-state index in [1.807, 2.05) is 23.5 Å². The largest absolute Gasteiger partial charge is 0.456 e. The Labute approximate surface area is 269 Å². The summed E-state index contributed by atoms with van der Waals surface area (Å²) in [5.41, 5.74) is 9.22. The van der Waals surface area contributed by atoms with Crippen LogP contribution in [-0.4, -0.2) is 0 Å². The van der Waals surface area contributed by atoms with Gasteiger partial charge >= 0.3 is 0 Å². The predicted molar refractivity (Wildman–Crippen MR) is 198 cm³/mol. The molecule has 0 aliphatic heterocycles. The number of thiophene rings is 1. The Morgan fingerprint density at radius 1 is 0.326 bits per heavy atom. The first-order chi connectivity index (χ1) is 22.8. The van der Waals surface area contributed by atoms with Crippen molar-refractivity contribution in [2.24, 2.45) is 0 Å². The molecule has 0 saturated carbocycles. The highest BCUT2D eigenvalue weighted by molar-refractivity contribution is 7.25. The maximum absolute atomic E-state index is 6.35. The molecule has 0 spiro atoms. The Balaban J connectivity index is 1.25. The maximum Gasteiger partial charge on any atom is 0.136 e. The van der Waals surface area contributed by atoms with Crippen LogP contribution in [0.2, 0.25) is 0 Å². The van der Waals surface area contributed by atoms with Gasteiger partial charge in [-0.3, -0.25) is 0 Å². The Morgan fingerprint density at radius 3 is 1.63 bits per heavy atom. The second-order valence-electron chi connectivity index (χ2n) is 12.0. The number of furan rings is 1. The summed E-state index contributed by atoms with van der Waals surface area (Å²) in [5.74, 6) is 0. The summed E-state index contributed by atoms with van der Waals surface area (Å²) < 4.78 is 9.00. The number of hydrogen-bond donors (Lipinski definition) is 0. The zero-order valence-electron chi connectivity index (χ0n) is 24.8. The van der Waals surface area contributed by atoms with Crippen LogP contribution in [0, 0.1) is 0 Å². The predicted octanol–water partition coefficient (Wildman–Crippen LogP) is 13.3. The summed E-state index contributed by atoms with van der Waals surface area (Å²) >= 11 is 1.86. The fourth-order valence-electron chi connectivity index (χ4n) is 7.46. The molecular weight excluding hydrogens is 577 g/mol. The van der Waals surface area contributed by atoms with Crippen molar-refractivity contribution in [1.29, 1.82) is 0 Å². The molecule has 0 amide bonds. The summed E-state index contributed by atoms with van der Waals surface area (Å²) in [6.07, 6.45) is 0. The van der Waals surface area contributed by atoms with Crippen LogP contribution in [0.25, 0.3) is 97.0 Å². The summed E-state index contributed by atoms with van der Waals surface area (Å²) in [6, 6.07) is 57.3. The highest BCUT2D eigenvalue weighted by Gasteiger charge is 2.20. The van der Waals surface area contributed by atoms with Crippen LogP contribution in [0.5, 0.6) is 0 Å². The van der Waals surface area contributed by atoms with Crippen LogP contribution in [0.1, 0.15) is 0 Å². The Kier molecular flexibility index (Phi) is 5.51. The van der Waals surface area contributed by atoms with Crippen LogP contribution in [0.4, 0.5) is 0 Å². The minimum atomic E-state index is 0.914. The number of benzene rings is 8. The molecule has 10 rings (SSSR count). The average Bonchev–Trinajstić information content (AvgIpc) is 3.68. The van der Waals surface area contributed by atoms with Gasteiger partial charge in [-0.15, -0.1) is 11.3 Å². The molecule has 1 nitrogen and oxygen atoms in total. The first-order valence-electron chi connectivity index (χ1n) is 15.7. The van der Waals surface area contributed by atoms with E-state index < -0.39 is 0 Å². The molecule has 0 aliphatic carbocycles. The third-order valence-electron chi connectivity index (χ3n) is 9.48. The second kappa shape index (κ2) is 9.90. The van der Waals surface area contributed by atoms with Gasteiger partial charge in [0.15, 0.2) is 0 Å². The summed E-state index contributed by atoms with van der Waals surface area (Å²) in [5, 5.41) is 9.91. The number of fused-ring (bicyclic) bond motifs is 8. The van der Waals surface area contributed by atoms with Crippen molar-refractivity contribution in [3.63, 3.8) is 0 Å². The van der Waals surface area contributed by atoms with Gasteiger partial charge in [0.05, 0.1) is 0 Å². The molecule has 0 N–H and O–H groups in total. The summed E-state index contributed by atoms with van der Waals surface area (Å²) in [6.45, 7) is 0. The standard InChI is InChI=1S/C44H26OS/c1-2-14-33(29(11-1)27-22-24-42-38(25-27)32-13-8-10-20-41(32)46-42)44-36-17-5-3-15-34(36)43(35-16-4-6-18-37(35)44)28-21-23-31-30-12-7-9-19-39(30)45-40(31)26-28/h1-26H. The summed E-state index contributed by atoms with van der Waals surface area (Å²) in [4.78, 5) is 0. The first kappa shape index (κ1) is 25.6. The van der Waals surface area contributed by atoms with Gasteiger partial charge in [-0.1, -0.05) is 121 Å². The van der Waals surface area contributed by atoms with Gasteiger partial charge < -0.3 is 4.42 Å². The fraction of sp³-hybridized carbons (Fsp3) is 0. The molecule has 0 unspecified atom stereocenters. The highest BCUT2D eigenvalue weighted by Crippen LogP contribution is 2.47. The van der Waals surface area contributed by atoms with Gasteiger partial charge in [-0.2, -0.15) is 0 Å². The number of rotatable bonds is 3. The van der Waals surface area contributed by atoms with E-state index in [4.69, 9.17) is 4.42 Å². The Bertz CT molecular complexity index is 2760. The van der Waals surface area contributed by atoms with Crippen LogP contribution < -0.4 is 0 Å². The molecule has 2 heterocycles. The van der Waals surface area contributed by atoms with Crippen LogP contribution >= 0.6 is 11.3 Å². The topological polar surface area (TPSA) is 13.1 Å². The SMILES string of the molecule is c1ccc(-c2c3ccccc3c(-c3ccc4c(c3)oc3ccccc34)c3ccccc23)c(-c2ccc3sc4ccccc4c3c2)c1. The summed E-state index contributed by atoms with van der Waals surface area (Å²) in [7, 11) is 0. The molecule has 214 valence electrons. The minimum Gasteiger partial charge on any atom is -0.456 e. The maximum atomic E-state index is 6.35. The van der Waals surface area contributed by atoms with Gasteiger partial charge in [-0.05, 0) is 91.3 Å². The molecular formula is C44H26OS. The average molecular weight is 603 g/mol. The number of hydrogen-bond acceptors (Lipinski definition) is 2. The van der Waals surface area contributed by atoms with Gasteiger partial charge in [0, 0.05) is 30.9 Å². The second-order valence-corrected chi connectivity index (χ2v) is 13.1. The van der Waals surface area contributed by atoms with E-state index in [0.29, 0.717) is 0 Å². The number of para-hydroxylation sites is 1. The highest BCUT2D eigenvalue weighted by atomic mass is 32.1. The van der Waals surface area contributed by atoms with Crippen LogP contribution in [-0.2, 0) is 0 Å². The molecule has 0 saturated heterocycles. The van der Waals surface area contributed by atoms with Gasteiger partial charge in [0.2, 0.25) is 0 Å².